The van der Waals surface area contributed by atoms with E-state index in [0.717, 1.165) is 39.8 Å². The van der Waals surface area contributed by atoms with Crippen LogP contribution in [-0.4, -0.2) is 61.5 Å². The molecule has 0 aromatic rings. The van der Waals surface area contributed by atoms with Crippen molar-refractivity contribution in [2.45, 2.75) is 66.6 Å². The summed E-state index contributed by atoms with van der Waals surface area (Å²) < 4.78 is 11.1. The Kier molecular flexibility index (Phi) is 16.4. The van der Waals surface area contributed by atoms with Crippen LogP contribution >= 0.6 is 0 Å². The lowest BCUT2D eigenvalue weighted by molar-refractivity contribution is -0.169. The number of esters is 1. The Hall–Kier alpha value is -0.650. The summed E-state index contributed by atoms with van der Waals surface area (Å²) in [7, 11) is 1.00. The Balaban J connectivity index is 0. The first-order chi connectivity index (χ1) is 10.6. The largest absolute Gasteiger partial charge is 0.459 e. The van der Waals surface area contributed by atoms with Crippen molar-refractivity contribution >= 4 is 5.97 Å². The van der Waals surface area contributed by atoms with Gasteiger partial charge in [0.2, 0.25) is 0 Å². The molecule has 2 unspecified atom stereocenters. The quantitative estimate of drug-likeness (QED) is 0.763. The zero-order valence-electron chi connectivity index (χ0n) is 15.6. The molecule has 22 heavy (non-hydrogen) atoms. The van der Waals surface area contributed by atoms with E-state index in [-0.39, 0.29) is 18.2 Å². The third kappa shape index (κ3) is 9.38. The molecule has 0 aromatic heterocycles. The molecule has 1 fully saturated rings. The zero-order valence-corrected chi connectivity index (χ0v) is 15.6. The molecule has 1 aliphatic rings. The van der Waals surface area contributed by atoms with E-state index < -0.39 is 0 Å². The maximum absolute atomic E-state index is 11.8. The second-order valence-electron chi connectivity index (χ2n) is 5.07. The minimum absolute atomic E-state index is 0.0196. The lowest BCUT2D eigenvalue weighted by atomic mass is 9.95. The molecule has 3 atom stereocenters. The Bertz CT molecular complexity index is 247. The van der Waals surface area contributed by atoms with Crippen LogP contribution in [0.25, 0.3) is 0 Å². The van der Waals surface area contributed by atoms with Crippen LogP contribution in [0, 0.1) is 5.92 Å². The standard InChI is InChI=1S/C14H27NO3.C2H6.CH4O/c1-5-15(6-2)9-7-13(16)18-14-11(3)8-10-17-12(14)4;2*1-2/h11-12,14H,5-10H2,1-4H3;1-2H3;2H,1H3/t11?,12?,14-;;/m1../s1. The van der Waals surface area contributed by atoms with E-state index in [1.807, 2.05) is 20.8 Å². The van der Waals surface area contributed by atoms with Gasteiger partial charge in [0, 0.05) is 20.3 Å². The molecule has 5 nitrogen and oxygen atoms in total. The monoisotopic (exact) mass is 319 g/mol. The Morgan fingerprint density at radius 3 is 2.23 bits per heavy atom. The van der Waals surface area contributed by atoms with Gasteiger partial charge in [0.05, 0.1) is 12.5 Å². The molecule has 1 saturated heterocycles. The maximum atomic E-state index is 11.8. The number of carbonyl (C=O) groups is 1. The van der Waals surface area contributed by atoms with Crippen LogP contribution in [0.4, 0.5) is 0 Å². The fraction of sp³-hybridized carbons (Fsp3) is 0.941. The Morgan fingerprint density at radius 2 is 1.77 bits per heavy atom. The minimum atomic E-state index is -0.101. The molecule has 0 radical (unpaired) electrons. The van der Waals surface area contributed by atoms with Crippen LogP contribution in [0.1, 0.15) is 54.4 Å². The number of ether oxygens (including phenoxy) is 2. The number of nitrogens with zero attached hydrogens (tertiary/aromatic N) is 1. The van der Waals surface area contributed by atoms with Gasteiger partial charge in [0.25, 0.3) is 0 Å². The Labute approximate surface area is 137 Å². The smallest absolute Gasteiger partial charge is 0.307 e. The van der Waals surface area contributed by atoms with Gasteiger partial charge in [-0.15, -0.1) is 0 Å². The predicted molar refractivity (Wildman–Crippen MR) is 91.0 cm³/mol. The number of rotatable bonds is 6. The summed E-state index contributed by atoms with van der Waals surface area (Å²) in [6.45, 7) is 15.8. The fourth-order valence-electron chi connectivity index (χ4n) is 2.37. The maximum Gasteiger partial charge on any atom is 0.307 e. The van der Waals surface area contributed by atoms with Crippen molar-refractivity contribution < 1.29 is 19.4 Å². The summed E-state index contributed by atoms with van der Waals surface area (Å²) in [4.78, 5) is 14.1. The van der Waals surface area contributed by atoms with Crippen molar-refractivity contribution in [3.8, 4) is 0 Å². The molecule has 0 bridgehead atoms. The number of aliphatic hydroxyl groups excluding tert-OH is 1. The number of carbonyl (C=O) groups excluding carboxylic acids is 1. The lowest BCUT2D eigenvalue weighted by Gasteiger charge is -2.34. The van der Waals surface area contributed by atoms with Gasteiger partial charge < -0.3 is 19.5 Å². The molecular weight excluding hydrogens is 282 g/mol. The van der Waals surface area contributed by atoms with E-state index in [2.05, 4.69) is 25.7 Å². The van der Waals surface area contributed by atoms with Gasteiger partial charge in [-0.2, -0.15) is 0 Å². The number of hydrogen-bond donors (Lipinski definition) is 1. The summed E-state index contributed by atoms with van der Waals surface area (Å²) in [6.07, 6.45) is 1.38. The first-order valence-corrected chi connectivity index (χ1v) is 8.56. The first-order valence-electron chi connectivity index (χ1n) is 8.56. The molecular formula is C17H37NO4. The molecule has 5 heteroatoms. The van der Waals surface area contributed by atoms with E-state index in [1.165, 1.54) is 0 Å². The summed E-state index contributed by atoms with van der Waals surface area (Å²) in [6, 6.07) is 0. The van der Waals surface area contributed by atoms with Crippen LogP contribution in [0.2, 0.25) is 0 Å². The van der Waals surface area contributed by atoms with Crippen molar-refractivity contribution in [1.29, 1.82) is 0 Å². The van der Waals surface area contributed by atoms with Crippen molar-refractivity contribution in [3.05, 3.63) is 0 Å². The zero-order chi connectivity index (χ0) is 17.5. The third-order valence-corrected chi connectivity index (χ3v) is 3.77. The first kappa shape index (κ1) is 23.6. The van der Waals surface area contributed by atoms with Crippen molar-refractivity contribution in [2.75, 3.05) is 33.4 Å². The van der Waals surface area contributed by atoms with Crippen molar-refractivity contribution in [2.24, 2.45) is 5.92 Å². The van der Waals surface area contributed by atoms with E-state index in [0.29, 0.717) is 12.3 Å². The predicted octanol–water partition coefficient (Wildman–Crippen LogP) is 2.71. The van der Waals surface area contributed by atoms with Gasteiger partial charge in [-0.3, -0.25) is 4.79 Å². The fourth-order valence-corrected chi connectivity index (χ4v) is 2.37. The van der Waals surface area contributed by atoms with Gasteiger partial charge in [0.1, 0.15) is 6.10 Å². The molecule has 1 aliphatic heterocycles. The SMILES string of the molecule is CC.CCN(CC)CCC(=O)O[C@@H]1C(C)CCOC1C.CO. The summed E-state index contributed by atoms with van der Waals surface area (Å²) >= 11 is 0. The third-order valence-electron chi connectivity index (χ3n) is 3.77. The van der Waals surface area contributed by atoms with Gasteiger partial charge >= 0.3 is 5.97 Å². The molecule has 0 spiro atoms. The van der Waals surface area contributed by atoms with Gasteiger partial charge in [0.15, 0.2) is 0 Å². The van der Waals surface area contributed by atoms with Crippen LogP contribution in [0.15, 0.2) is 0 Å². The summed E-state index contributed by atoms with van der Waals surface area (Å²) in [5.41, 5.74) is 0. The second-order valence-corrected chi connectivity index (χ2v) is 5.07. The molecule has 0 aliphatic carbocycles. The van der Waals surface area contributed by atoms with Gasteiger partial charge in [-0.25, -0.2) is 0 Å². The van der Waals surface area contributed by atoms with E-state index >= 15 is 0 Å². The number of aliphatic hydroxyl groups is 1. The molecule has 134 valence electrons. The normalized spacial score (nSPS) is 23.8. The highest BCUT2D eigenvalue weighted by Crippen LogP contribution is 2.23. The number of hydrogen-bond acceptors (Lipinski definition) is 5. The average Bonchev–Trinajstić information content (AvgIpc) is 2.56. The average molecular weight is 319 g/mol. The molecule has 1 N–H and O–H groups in total. The van der Waals surface area contributed by atoms with Crippen molar-refractivity contribution in [3.63, 3.8) is 0 Å². The highest BCUT2D eigenvalue weighted by atomic mass is 16.6. The minimum Gasteiger partial charge on any atom is -0.459 e. The highest BCUT2D eigenvalue weighted by molar-refractivity contribution is 5.69. The van der Waals surface area contributed by atoms with Crippen LogP contribution < -0.4 is 0 Å². The molecule has 0 aromatic carbocycles. The lowest BCUT2D eigenvalue weighted by Crippen LogP contribution is -2.41. The van der Waals surface area contributed by atoms with E-state index in [9.17, 15) is 4.79 Å². The highest BCUT2D eigenvalue weighted by Gasteiger charge is 2.31. The van der Waals surface area contributed by atoms with Crippen LogP contribution in [-0.2, 0) is 14.3 Å². The molecule has 0 saturated carbocycles. The summed E-state index contributed by atoms with van der Waals surface area (Å²) in [5.74, 6) is 0.294. The van der Waals surface area contributed by atoms with Crippen molar-refractivity contribution in [1.82, 2.24) is 4.90 Å². The molecule has 0 amide bonds. The topological polar surface area (TPSA) is 59.0 Å². The van der Waals surface area contributed by atoms with E-state index in [1.54, 1.807) is 0 Å². The molecule has 1 heterocycles. The Morgan fingerprint density at radius 1 is 1.23 bits per heavy atom. The van der Waals surface area contributed by atoms with Crippen LogP contribution in [0.5, 0.6) is 0 Å². The summed E-state index contributed by atoms with van der Waals surface area (Å²) in [5, 5.41) is 7.00. The molecule has 1 rings (SSSR count). The van der Waals surface area contributed by atoms with E-state index in [4.69, 9.17) is 14.6 Å². The second kappa shape index (κ2) is 15.3. The van der Waals surface area contributed by atoms with Gasteiger partial charge in [-0.1, -0.05) is 34.6 Å². The van der Waals surface area contributed by atoms with Crippen LogP contribution in [0.3, 0.4) is 0 Å². The van der Waals surface area contributed by atoms with Gasteiger partial charge in [-0.05, 0) is 32.4 Å².